The van der Waals surface area contributed by atoms with Crippen LogP contribution in [-0.2, 0) is 70.0 Å². The van der Waals surface area contributed by atoms with Crippen LogP contribution in [0.2, 0.25) is 20.1 Å². The number of hydrogen-bond donors (Lipinski definition) is 1. The van der Waals surface area contributed by atoms with E-state index in [2.05, 4.69) is 61.4 Å². The van der Waals surface area contributed by atoms with E-state index < -0.39 is 45.5 Å². The van der Waals surface area contributed by atoms with Crippen LogP contribution >= 0.6 is 62.3 Å². The smallest absolute Gasteiger partial charge is 0.248 e. The van der Waals surface area contributed by atoms with Crippen LogP contribution in [0.5, 0.6) is 23.0 Å². The van der Waals surface area contributed by atoms with Crippen LogP contribution in [0.3, 0.4) is 0 Å². The molecule has 2 aromatic carbocycles. The highest BCUT2D eigenvalue weighted by Gasteiger charge is 2.43. The van der Waals surface area contributed by atoms with Gasteiger partial charge in [-0.15, -0.1) is 40.8 Å². The lowest BCUT2D eigenvalue weighted by Crippen LogP contribution is -2.35. The zero-order valence-electron chi connectivity index (χ0n) is 60.0. The summed E-state index contributed by atoms with van der Waals surface area (Å²) in [6.07, 6.45) is 26.5. The number of ether oxygens (including phenoxy) is 4. The first-order chi connectivity index (χ1) is 51.7. The Morgan fingerprint density at radius 1 is 0.495 bits per heavy atom. The molecule has 8 heterocycles. The lowest BCUT2D eigenvalue weighted by Gasteiger charge is -2.37. The van der Waals surface area contributed by atoms with Gasteiger partial charge in [-0.05, 0) is 183 Å². The quantitative estimate of drug-likeness (QED) is 0.0556. The number of benzene rings is 2. The summed E-state index contributed by atoms with van der Waals surface area (Å²) in [5, 5.41) is 34.1. The van der Waals surface area contributed by atoms with E-state index in [1.165, 1.54) is 32.1 Å². The molecule has 10 aromatic rings. The van der Waals surface area contributed by atoms with Crippen LogP contribution in [0.15, 0.2) is 89.9 Å². The average molecular weight is 1720 g/mol. The van der Waals surface area contributed by atoms with Crippen molar-refractivity contribution in [1.82, 2.24) is 58.4 Å². The van der Waals surface area contributed by atoms with Crippen molar-refractivity contribution >= 4 is 130 Å². The summed E-state index contributed by atoms with van der Waals surface area (Å²) < 4.78 is 157. The van der Waals surface area contributed by atoms with E-state index in [0.717, 1.165) is 121 Å². The van der Waals surface area contributed by atoms with Gasteiger partial charge < -0.3 is 18.9 Å². The van der Waals surface area contributed by atoms with Crippen LogP contribution < -0.4 is 23.7 Å². The topological polar surface area (TPSA) is 306 Å². The molecule has 0 spiro atoms. The largest absolute Gasteiger partial charge is 0.493 e. The maximum Gasteiger partial charge on any atom is 0.248 e. The van der Waals surface area contributed by atoms with E-state index in [-0.39, 0.29) is 58.6 Å². The van der Waals surface area contributed by atoms with Crippen molar-refractivity contribution in [2.75, 3.05) is 30.4 Å². The minimum absolute atomic E-state index is 0.0696. The molecule has 0 bridgehead atoms. The lowest BCUT2D eigenvalue weighted by atomic mass is 9.75. The maximum absolute atomic E-state index is 13.5. The second kappa shape index (κ2) is 32.0. The van der Waals surface area contributed by atoms with Gasteiger partial charge in [0.05, 0.1) is 40.0 Å². The monoisotopic (exact) mass is 1720 g/mol. The van der Waals surface area contributed by atoms with Crippen molar-refractivity contribution in [2.24, 2.45) is 11.3 Å². The highest BCUT2D eigenvalue weighted by atomic mass is 79.9. The van der Waals surface area contributed by atoms with E-state index in [9.17, 15) is 42.5 Å². The molecule has 0 atom stereocenters. The summed E-state index contributed by atoms with van der Waals surface area (Å²) in [6.45, 7) is 3.76. The van der Waals surface area contributed by atoms with Gasteiger partial charge in [0.25, 0.3) is 0 Å². The third-order valence-corrected chi connectivity index (χ3v) is 28.0. The molecule has 0 radical (unpaired) electrons. The first-order valence-electron chi connectivity index (χ1n) is 36.3. The van der Waals surface area contributed by atoms with E-state index in [1.54, 1.807) is 61.9 Å². The highest BCUT2D eigenvalue weighted by Crippen LogP contribution is 2.49. The number of hydrogen-bond acceptors (Lipinski definition) is 20. The molecule has 0 saturated heterocycles. The van der Waals surface area contributed by atoms with Crippen LogP contribution in [0.1, 0.15) is 192 Å². The van der Waals surface area contributed by atoms with Gasteiger partial charge in [0.15, 0.2) is 69.6 Å². The molecule has 7 saturated carbocycles. The molecule has 36 heteroatoms. The summed E-state index contributed by atoms with van der Waals surface area (Å²) in [5.41, 5.74) is 7.17. The molecule has 7 aliphatic rings. The van der Waals surface area contributed by atoms with Gasteiger partial charge in [-0.1, -0.05) is 72.6 Å². The molecular weight excluding hydrogens is 1640 g/mol. The number of pyridine rings is 4. The molecule has 8 aromatic heterocycles. The van der Waals surface area contributed by atoms with Gasteiger partial charge in [-0.25, -0.2) is 42.5 Å². The molecule has 25 nitrogen and oxygen atoms in total. The minimum atomic E-state index is -3.40. The number of aromatic nitrogens is 12. The first kappa shape index (κ1) is 78.9. The Hall–Kier alpha value is -6.78. The maximum atomic E-state index is 13.5. The number of halogens is 7. The van der Waals surface area contributed by atoms with Crippen molar-refractivity contribution in [3.05, 3.63) is 155 Å². The molecule has 1 N–H and O–H groups in total. The van der Waals surface area contributed by atoms with E-state index >= 15 is 0 Å². The number of sulfone groups is 3. The van der Waals surface area contributed by atoms with Crippen LogP contribution in [0, 0.1) is 11.3 Å². The normalized spacial score (nSPS) is 18.1. The summed E-state index contributed by atoms with van der Waals surface area (Å²) in [6, 6.07) is 17.5. The molecular formula is C73H82BrCl4F2N13O12S4. The molecule has 109 heavy (non-hydrogen) atoms. The molecule has 7 fully saturated rings. The number of nitrogens with one attached hydrogen (secondary N) is 1. The highest BCUT2D eigenvalue weighted by molar-refractivity contribution is 9.10. The number of alkyl halides is 2. The Bertz CT molecular complexity index is 5530. The van der Waals surface area contributed by atoms with Gasteiger partial charge in [0.1, 0.15) is 53.5 Å². The molecule has 584 valence electrons. The zero-order valence-corrected chi connectivity index (χ0v) is 67.9. The number of fused-ring (bicyclic) bond motifs is 4. The summed E-state index contributed by atoms with van der Waals surface area (Å²) in [7, 11) is -12.9. The van der Waals surface area contributed by atoms with Crippen molar-refractivity contribution in [2.45, 2.75) is 194 Å². The van der Waals surface area contributed by atoms with Gasteiger partial charge in [0, 0.05) is 98.7 Å². The van der Waals surface area contributed by atoms with Gasteiger partial charge in [-0.3, -0.25) is 22.3 Å². The fourth-order valence-electron chi connectivity index (χ4n) is 13.5. The Balaban J connectivity index is 0.000000122. The third-order valence-electron chi connectivity index (χ3n) is 20.4. The molecule has 0 unspecified atom stereocenters. The number of nitrogens with zero attached hydrogens (tertiary/aromatic N) is 12. The number of rotatable bonds is 25. The zero-order chi connectivity index (χ0) is 77.0. The fourth-order valence-corrected chi connectivity index (χ4v) is 19.1. The van der Waals surface area contributed by atoms with Gasteiger partial charge in [-0.2, -0.15) is 0 Å². The van der Waals surface area contributed by atoms with Gasteiger partial charge >= 0.3 is 0 Å². The average Bonchev–Trinajstić information content (AvgIpc) is 1.63. The number of anilines is 1. The minimum Gasteiger partial charge on any atom is -0.493 e. The predicted octanol–water partition coefficient (Wildman–Crippen LogP) is 15.7. The summed E-state index contributed by atoms with van der Waals surface area (Å²) in [5.74, 6) is 3.30. The van der Waals surface area contributed by atoms with E-state index in [0.29, 0.717) is 127 Å². The van der Waals surface area contributed by atoms with E-state index in [4.69, 9.17) is 65.4 Å². The van der Waals surface area contributed by atoms with Crippen LogP contribution in [0.25, 0.3) is 22.6 Å². The Morgan fingerprint density at radius 2 is 0.972 bits per heavy atom. The first-order valence-corrected chi connectivity index (χ1v) is 46.0. The van der Waals surface area contributed by atoms with Gasteiger partial charge in [0.2, 0.25) is 21.9 Å². The SMILES string of the molecule is CC1(COc2cc3nnc(CS(=O)(=O)C4CC4)n3cc2C2CC2)CCC(F)(F)CC1.CS(=O)(=O)Cc1nnc2cc(COc3ccc(Cl)c(Cl)c3)c(Br)cn12.CS(=O)(=O)Nc1nnc2cc(OCC3CCCCC3)c(C3CC3)cn12.O=S(=O)(Cc1nnc2cc(COc3cc(Cl)cc(Cl)c3)c(C3CC3)cn12)C1CC1. The third kappa shape index (κ3) is 20.5. The fraction of sp³-hybridized carbons (Fsp3) is 0.507. The summed E-state index contributed by atoms with van der Waals surface area (Å²) >= 11 is 27.4. The predicted molar refractivity (Wildman–Crippen MR) is 415 cm³/mol. The van der Waals surface area contributed by atoms with Crippen molar-refractivity contribution in [3.8, 4) is 23.0 Å². The molecule has 17 rings (SSSR count). The molecule has 0 aliphatic heterocycles. The number of sulfonamides is 1. The van der Waals surface area contributed by atoms with Crippen LogP contribution in [0.4, 0.5) is 14.7 Å². The summed E-state index contributed by atoms with van der Waals surface area (Å²) in [4.78, 5) is 0. The Kier molecular flexibility index (Phi) is 23.2. The van der Waals surface area contributed by atoms with Crippen molar-refractivity contribution in [3.63, 3.8) is 0 Å². The second-order valence-electron chi connectivity index (χ2n) is 30.2. The molecule has 0 amide bonds. The second-order valence-corrected chi connectivity index (χ2v) is 41.2. The lowest BCUT2D eigenvalue weighted by molar-refractivity contribution is -0.0712. The Morgan fingerprint density at radius 3 is 1.51 bits per heavy atom. The van der Waals surface area contributed by atoms with Crippen molar-refractivity contribution in [1.29, 1.82) is 0 Å². The molecule has 7 aliphatic carbocycles. The standard InChI is InChI=1S/C21H27F2N3O3S.C20H19Cl2N3O3S.C17H24N4O3S.C15H12BrCl2N3O3S/c1-20(6-8-21(22,23)9-7-20)13-29-17-10-18-24-25-19(12-30(27,28)15-4-5-15)26(18)11-16(17)14-2-3-14;21-14-6-15(22)8-16(7-14)28-10-13-5-19-23-24-20(11-29(26,27)17-3-4-17)25(19)9-18(13)12-1-2-12;1-25(22,23)20-17-19-18-16-9-15(14(10-21(16)17)13-7-8-13)24-11-12-5-3-2-4-6-12;1-25(22,23)8-15-20-19-14-4-9(11(16)6-21(14)15)7-24-10-2-3-12(17)13(18)5-10/h10-11,14-15H,2-9,12-13H2,1H3;5-9,12,17H,1-4,10-11H2;9-10,12-13H,2-8,11H2,1H3,(H,19,20);2-6H,7-8H2,1H3. The van der Waals surface area contributed by atoms with E-state index in [1.807, 2.05) is 48.1 Å². The van der Waals surface area contributed by atoms with Crippen molar-refractivity contribution < 1.29 is 61.4 Å². The van der Waals surface area contributed by atoms with Crippen LogP contribution in [-0.4, -0.2) is 134 Å². The Labute approximate surface area is 658 Å².